The molecule has 0 saturated carbocycles. The van der Waals surface area contributed by atoms with E-state index in [4.69, 9.17) is 21.8 Å². The number of carboxylic acids is 1. The summed E-state index contributed by atoms with van der Waals surface area (Å²) in [5.41, 5.74) is -0.989. The van der Waals surface area contributed by atoms with E-state index in [-0.39, 0.29) is 5.02 Å². The van der Waals surface area contributed by atoms with E-state index in [0.29, 0.717) is 12.1 Å². The molecule has 0 aliphatic carbocycles. The Morgan fingerprint density at radius 2 is 1.95 bits per heavy atom. The second kappa shape index (κ2) is 6.60. The van der Waals surface area contributed by atoms with E-state index in [1.165, 1.54) is 0 Å². The first kappa shape index (κ1) is 17.7. The lowest BCUT2D eigenvalue weighted by molar-refractivity contribution is -0.000456. The molecule has 0 aromatic heterocycles. The zero-order valence-corrected chi connectivity index (χ0v) is 11.6. The van der Waals surface area contributed by atoms with Crippen LogP contribution in [-0.2, 0) is 10.0 Å². The van der Waals surface area contributed by atoms with E-state index in [9.17, 15) is 26.4 Å². The Morgan fingerprint density at radius 1 is 1.38 bits per heavy atom. The van der Waals surface area contributed by atoms with Crippen LogP contribution in [0.3, 0.4) is 0 Å². The van der Waals surface area contributed by atoms with Crippen LogP contribution >= 0.6 is 11.6 Å². The lowest BCUT2D eigenvalue weighted by atomic mass is 10.2. The summed E-state index contributed by atoms with van der Waals surface area (Å²) in [4.78, 5) is 9.64. The van der Waals surface area contributed by atoms with Crippen molar-refractivity contribution in [2.75, 3.05) is 6.54 Å². The number of hydrogen-bond donors (Lipinski definition) is 3. The zero-order chi connectivity index (χ0) is 16.4. The van der Waals surface area contributed by atoms with Crippen LogP contribution in [0.1, 0.15) is 10.4 Å². The Balaban J connectivity index is 3.17. The summed E-state index contributed by atoms with van der Waals surface area (Å²) in [5.74, 6) is -3.34. The van der Waals surface area contributed by atoms with Gasteiger partial charge in [-0.3, -0.25) is 0 Å². The summed E-state index contributed by atoms with van der Waals surface area (Å²) >= 11 is 5.49. The normalized spacial score (nSPS) is 13.4. The maximum atomic E-state index is 13.8. The predicted octanol–water partition coefficient (Wildman–Crippen LogP) is 1.08. The third kappa shape index (κ3) is 4.30. The molecule has 11 heteroatoms. The van der Waals surface area contributed by atoms with Gasteiger partial charge in [-0.05, 0) is 12.1 Å². The third-order valence-electron chi connectivity index (χ3n) is 2.30. The molecule has 1 atom stereocenters. The van der Waals surface area contributed by atoms with Gasteiger partial charge < -0.3 is 10.2 Å². The molecule has 1 aromatic rings. The Kier molecular flexibility index (Phi) is 5.56. The lowest BCUT2D eigenvalue weighted by Gasteiger charge is -2.12. The van der Waals surface area contributed by atoms with Gasteiger partial charge in [-0.25, -0.2) is 31.1 Å². The lowest BCUT2D eigenvalue weighted by Crippen LogP contribution is -2.36. The van der Waals surface area contributed by atoms with E-state index < -0.39 is 51.3 Å². The zero-order valence-electron chi connectivity index (χ0n) is 10.1. The topological polar surface area (TPSA) is 104 Å². The van der Waals surface area contributed by atoms with Crippen LogP contribution in [0, 0.1) is 5.82 Å². The molecular formula is C10H9ClF3NO5S. The quantitative estimate of drug-likeness (QED) is 0.714. The molecule has 3 N–H and O–H groups in total. The molecule has 21 heavy (non-hydrogen) atoms. The summed E-state index contributed by atoms with van der Waals surface area (Å²) in [5, 5.41) is 17.2. The number of rotatable bonds is 6. The molecule has 0 saturated heterocycles. The molecule has 1 aromatic carbocycles. The minimum absolute atomic E-state index is 0.372. The van der Waals surface area contributed by atoms with Crippen molar-refractivity contribution in [3.8, 4) is 0 Å². The van der Waals surface area contributed by atoms with Crippen LogP contribution in [0.4, 0.5) is 13.2 Å². The largest absolute Gasteiger partial charge is 0.478 e. The first-order chi connectivity index (χ1) is 9.56. The number of hydrogen-bond acceptors (Lipinski definition) is 4. The second-order valence-corrected chi connectivity index (χ2v) is 6.00. The van der Waals surface area contributed by atoms with Crippen LogP contribution in [0.25, 0.3) is 0 Å². The standard InChI is InChI=1S/C10H9ClF3NO5S/c11-4-1-5(10(17)18)8(12)7(2-4)21(19,20)15-3-6(16)9(13)14/h1-2,6,9,15-16H,3H2,(H,17,18). The first-order valence-electron chi connectivity index (χ1n) is 5.24. The Morgan fingerprint density at radius 3 is 2.43 bits per heavy atom. The highest BCUT2D eigenvalue weighted by Crippen LogP contribution is 2.23. The third-order valence-corrected chi connectivity index (χ3v) is 3.94. The molecule has 1 unspecified atom stereocenters. The number of aromatic carboxylic acids is 1. The van der Waals surface area contributed by atoms with Crippen molar-refractivity contribution >= 4 is 27.6 Å². The summed E-state index contributed by atoms with van der Waals surface area (Å²) in [6, 6.07) is 1.33. The van der Waals surface area contributed by atoms with Gasteiger partial charge in [0, 0.05) is 11.6 Å². The number of sulfonamides is 1. The van der Waals surface area contributed by atoms with Crippen LogP contribution < -0.4 is 4.72 Å². The highest BCUT2D eigenvalue weighted by Gasteiger charge is 2.27. The molecule has 0 radical (unpaired) electrons. The van der Waals surface area contributed by atoms with Crippen LogP contribution in [0.15, 0.2) is 17.0 Å². The fraction of sp³-hybridized carbons (Fsp3) is 0.300. The highest BCUT2D eigenvalue weighted by molar-refractivity contribution is 7.89. The van der Waals surface area contributed by atoms with Crippen molar-refractivity contribution in [3.05, 3.63) is 28.5 Å². The Bertz CT molecular complexity index is 652. The Labute approximate surface area is 122 Å². The number of alkyl halides is 2. The maximum Gasteiger partial charge on any atom is 0.338 e. The fourth-order valence-corrected chi connectivity index (χ4v) is 2.73. The van der Waals surface area contributed by atoms with Gasteiger partial charge in [-0.2, -0.15) is 0 Å². The smallest absolute Gasteiger partial charge is 0.338 e. The fourth-order valence-electron chi connectivity index (χ4n) is 1.28. The minimum atomic E-state index is -4.66. The van der Waals surface area contributed by atoms with Gasteiger partial charge in [-0.1, -0.05) is 11.6 Å². The van der Waals surface area contributed by atoms with Gasteiger partial charge in [0.2, 0.25) is 10.0 Å². The van der Waals surface area contributed by atoms with E-state index >= 15 is 0 Å². The van der Waals surface area contributed by atoms with Gasteiger partial charge in [0.05, 0.1) is 5.56 Å². The van der Waals surface area contributed by atoms with Gasteiger partial charge in [0.25, 0.3) is 6.43 Å². The summed E-state index contributed by atoms with van der Waals surface area (Å²) in [6.07, 6.45) is -5.49. The molecule has 118 valence electrons. The number of benzene rings is 1. The van der Waals surface area contributed by atoms with Crippen LogP contribution in [-0.4, -0.2) is 43.7 Å². The molecule has 0 amide bonds. The first-order valence-corrected chi connectivity index (χ1v) is 7.10. The number of halogens is 4. The number of aliphatic hydroxyl groups excluding tert-OH is 1. The van der Waals surface area contributed by atoms with Gasteiger partial charge >= 0.3 is 5.97 Å². The number of carbonyl (C=O) groups is 1. The van der Waals surface area contributed by atoms with Crippen molar-refractivity contribution in [1.82, 2.24) is 4.72 Å². The minimum Gasteiger partial charge on any atom is -0.478 e. The molecule has 0 aliphatic heterocycles. The highest BCUT2D eigenvalue weighted by atomic mass is 35.5. The van der Waals surface area contributed by atoms with Crippen molar-refractivity contribution in [1.29, 1.82) is 0 Å². The molecule has 0 heterocycles. The average Bonchev–Trinajstić information content (AvgIpc) is 2.37. The summed E-state index contributed by atoms with van der Waals surface area (Å²) in [6.45, 7) is -1.08. The predicted molar refractivity (Wildman–Crippen MR) is 65.6 cm³/mol. The van der Waals surface area contributed by atoms with E-state index in [1.54, 1.807) is 4.72 Å². The molecule has 6 nitrogen and oxygen atoms in total. The second-order valence-electron chi connectivity index (χ2n) is 3.82. The molecule has 0 aliphatic rings. The molecule has 0 spiro atoms. The number of nitrogens with one attached hydrogen (secondary N) is 1. The van der Waals surface area contributed by atoms with E-state index in [0.717, 1.165) is 0 Å². The van der Waals surface area contributed by atoms with Crippen molar-refractivity contribution < 1.29 is 36.6 Å². The number of carboxylic acid groups (broad SMARTS) is 1. The monoisotopic (exact) mass is 347 g/mol. The van der Waals surface area contributed by atoms with Crippen molar-refractivity contribution in [2.24, 2.45) is 0 Å². The molecular weight excluding hydrogens is 339 g/mol. The van der Waals surface area contributed by atoms with Crippen LogP contribution in [0.2, 0.25) is 5.02 Å². The number of aliphatic hydroxyl groups is 1. The van der Waals surface area contributed by atoms with Gasteiger partial charge in [0.1, 0.15) is 11.0 Å². The van der Waals surface area contributed by atoms with E-state index in [2.05, 4.69) is 0 Å². The molecule has 1 rings (SSSR count). The van der Waals surface area contributed by atoms with Crippen LogP contribution in [0.5, 0.6) is 0 Å². The van der Waals surface area contributed by atoms with Gasteiger partial charge in [0.15, 0.2) is 5.82 Å². The Hall–Kier alpha value is -1.36. The summed E-state index contributed by atoms with van der Waals surface area (Å²) in [7, 11) is -4.66. The molecule has 0 fully saturated rings. The SMILES string of the molecule is O=C(O)c1cc(Cl)cc(S(=O)(=O)NCC(O)C(F)F)c1F. The molecule has 0 bridgehead atoms. The summed E-state index contributed by atoms with van der Waals surface area (Å²) < 4.78 is 63.0. The van der Waals surface area contributed by atoms with Crippen molar-refractivity contribution in [2.45, 2.75) is 17.4 Å². The average molecular weight is 348 g/mol. The van der Waals surface area contributed by atoms with E-state index in [1.807, 2.05) is 0 Å². The van der Waals surface area contributed by atoms with Gasteiger partial charge in [-0.15, -0.1) is 0 Å². The maximum absolute atomic E-state index is 13.8. The van der Waals surface area contributed by atoms with Crippen molar-refractivity contribution in [3.63, 3.8) is 0 Å².